The maximum atomic E-state index is 2.20. The zero-order valence-corrected chi connectivity index (χ0v) is 7.38. The molecule has 0 unspecified atom stereocenters. The smallest absolute Gasteiger partial charge is 0.0285 e. The molecule has 0 bridgehead atoms. The van der Waals surface area contributed by atoms with Crippen LogP contribution in [0.25, 0.3) is 0 Å². The van der Waals surface area contributed by atoms with Gasteiger partial charge >= 0.3 is 0 Å². The maximum absolute atomic E-state index is 2.20. The SMILES string of the molecule is CC1=CC=CCC1.I. The second-order valence-corrected chi connectivity index (χ2v) is 1.98. The Balaban J connectivity index is 0.000000490. The molecule has 1 aliphatic carbocycles. The first-order valence-electron chi connectivity index (χ1n) is 2.72. The molecule has 0 spiro atoms. The molecule has 1 aliphatic rings. The first-order chi connectivity index (χ1) is 3.39. The first kappa shape index (κ1) is 8.21. The summed E-state index contributed by atoms with van der Waals surface area (Å²) >= 11 is 0. The van der Waals surface area contributed by atoms with Crippen molar-refractivity contribution in [2.75, 3.05) is 0 Å². The van der Waals surface area contributed by atoms with Crippen molar-refractivity contribution in [3.63, 3.8) is 0 Å². The van der Waals surface area contributed by atoms with Gasteiger partial charge in [0.25, 0.3) is 0 Å². The molecule has 0 saturated heterocycles. The molecule has 0 aliphatic heterocycles. The second-order valence-electron chi connectivity index (χ2n) is 1.98. The summed E-state index contributed by atoms with van der Waals surface area (Å²) in [5, 5.41) is 0. The van der Waals surface area contributed by atoms with E-state index < -0.39 is 0 Å². The quantitative estimate of drug-likeness (QED) is 0.553. The van der Waals surface area contributed by atoms with E-state index >= 15 is 0 Å². The molecule has 0 aromatic heterocycles. The minimum Gasteiger partial charge on any atom is -0.107 e. The molecule has 0 radical (unpaired) electrons. The Bertz CT molecular complexity index is 112. The van der Waals surface area contributed by atoms with Gasteiger partial charge in [0.2, 0.25) is 0 Å². The van der Waals surface area contributed by atoms with Gasteiger partial charge in [0.05, 0.1) is 0 Å². The normalized spacial score (nSPS) is 16.9. The zero-order chi connectivity index (χ0) is 5.11. The average Bonchev–Trinajstić information content (AvgIpc) is 1.69. The van der Waals surface area contributed by atoms with Crippen molar-refractivity contribution in [2.45, 2.75) is 19.8 Å². The summed E-state index contributed by atoms with van der Waals surface area (Å²) in [6.07, 6.45) is 8.99. The molecule has 0 nitrogen and oxygen atoms in total. The van der Waals surface area contributed by atoms with Gasteiger partial charge in [-0.05, 0) is 19.8 Å². The molecule has 0 heterocycles. The molecule has 1 rings (SSSR count). The summed E-state index contributed by atoms with van der Waals surface area (Å²) in [6, 6.07) is 0. The van der Waals surface area contributed by atoms with Gasteiger partial charge in [0.15, 0.2) is 0 Å². The van der Waals surface area contributed by atoms with Gasteiger partial charge < -0.3 is 0 Å². The maximum Gasteiger partial charge on any atom is -0.0285 e. The number of allylic oxidation sites excluding steroid dienone is 4. The first-order valence-corrected chi connectivity index (χ1v) is 2.72. The van der Waals surface area contributed by atoms with Gasteiger partial charge in [0.1, 0.15) is 0 Å². The summed E-state index contributed by atoms with van der Waals surface area (Å²) in [6.45, 7) is 2.17. The third kappa shape index (κ3) is 2.50. The zero-order valence-electron chi connectivity index (χ0n) is 5.05. The van der Waals surface area contributed by atoms with E-state index in [1.165, 1.54) is 18.4 Å². The van der Waals surface area contributed by atoms with Gasteiger partial charge in [-0.3, -0.25) is 0 Å². The van der Waals surface area contributed by atoms with Crippen LogP contribution in [-0.4, -0.2) is 0 Å². The van der Waals surface area contributed by atoms with E-state index in [9.17, 15) is 0 Å². The van der Waals surface area contributed by atoms with E-state index in [1.54, 1.807) is 0 Å². The van der Waals surface area contributed by atoms with Crippen LogP contribution in [0.1, 0.15) is 19.8 Å². The minimum absolute atomic E-state index is 0. The lowest BCUT2D eigenvalue weighted by Gasteiger charge is -1.98. The van der Waals surface area contributed by atoms with Crippen molar-refractivity contribution in [1.29, 1.82) is 0 Å². The fraction of sp³-hybridized carbons (Fsp3) is 0.429. The highest BCUT2D eigenvalue weighted by Gasteiger charge is 1.88. The summed E-state index contributed by atoms with van der Waals surface area (Å²) < 4.78 is 0. The fourth-order valence-corrected chi connectivity index (χ4v) is 0.723. The number of halogens is 1. The second kappa shape index (κ2) is 4.13. The lowest BCUT2D eigenvalue weighted by Crippen LogP contribution is -1.78. The summed E-state index contributed by atoms with van der Waals surface area (Å²) in [5.74, 6) is 0. The van der Waals surface area contributed by atoms with Gasteiger partial charge in [0, 0.05) is 0 Å². The lowest BCUT2D eigenvalue weighted by molar-refractivity contribution is 0.962. The number of hydrogen-bond acceptors (Lipinski definition) is 0. The average molecular weight is 222 g/mol. The molecule has 0 aromatic carbocycles. The van der Waals surface area contributed by atoms with Crippen LogP contribution in [0.15, 0.2) is 23.8 Å². The molecule has 8 heavy (non-hydrogen) atoms. The fourth-order valence-electron chi connectivity index (χ4n) is 0.723. The van der Waals surface area contributed by atoms with Crippen molar-refractivity contribution in [3.05, 3.63) is 23.8 Å². The molecule has 1 heteroatoms. The van der Waals surface area contributed by atoms with E-state index in [-0.39, 0.29) is 24.0 Å². The topological polar surface area (TPSA) is 0 Å². The van der Waals surface area contributed by atoms with Gasteiger partial charge in [-0.1, -0.05) is 23.8 Å². The highest BCUT2D eigenvalue weighted by atomic mass is 127. The lowest BCUT2D eigenvalue weighted by atomic mass is 10.1. The Labute approximate surface area is 67.7 Å². The van der Waals surface area contributed by atoms with E-state index in [0.717, 1.165) is 0 Å². The number of rotatable bonds is 0. The molecule has 0 saturated carbocycles. The van der Waals surface area contributed by atoms with Gasteiger partial charge in [-0.25, -0.2) is 0 Å². The molecule has 46 valence electrons. The Morgan fingerprint density at radius 1 is 1.50 bits per heavy atom. The molecule has 0 fully saturated rings. The molecule has 0 atom stereocenters. The highest BCUT2D eigenvalue weighted by Crippen LogP contribution is 2.08. The molecule has 0 amide bonds. The van der Waals surface area contributed by atoms with Crippen LogP contribution in [0.2, 0.25) is 0 Å². The molecular formula is C7H11I. The van der Waals surface area contributed by atoms with E-state index in [1.807, 2.05) is 0 Å². The van der Waals surface area contributed by atoms with E-state index in [0.29, 0.717) is 0 Å². The van der Waals surface area contributed by atoms with Crippen molar-refractivity contribution in [2.24, 2.45) is 0 Å². The van der Waals surface area contributed by atoms with Crippen molar-refractivity contribution >= 4 is 24.0 Å². The van der Waals surface area contributed by atoms with Crippen LogP contribution >= 0.6 is 24.0 Å². The Hall–Kier alpha value is 0.210. The van der Waals surface area contributed by atoms with Crippen LogP contribution in [0.4, 0.5) is 0 Å². The van der Waals surface area contributed by atoms with Gasteiger partial charge in [-0.2, -0.15) is 0 Å². The summed E-state index contributed by atoms with van der Waals surface area (Å²) in [5.41, 5.74) is 1.50. The van der Waals surface area contributed by atoms with Crippen LogP contribution in [-0.2, 0) is 0 Å². The third-order valence-electron chi connectivity index (χ3n) is 1.22. The van der Waals surface area contributed by atoms with E-state index in [2.05, 4.69) is 25.2 Å². The van der Waals surface area contributed by atoms with Crippen LogP contribution in [0, 0.1) is 0 Å². The predicted octanol–water partition coefficient (Wildman–Crippen LogP) is 2.90. The van der Waals surface area contributed by atoms with Crippen molar-refractivity contribution in [3.8, 4) is 0 Å². The Kier molecular flexibility index (Phi) is 4.23. The minimum atomic E-state index is 0. The van der Waals surface area contributed by atoms with Crippen LogP contribution in [0.5, 0.6) is 0 Å². The molecule has 0 N–H and O–H groups in total. The monoisotopic (exact) mass is 222 g/mol. The third-order valence-corrected chi connectivity index (χ3v) is 1.22. The summed E-state index contributed by atoms with van der Waals surface area (Å²) in [4.78, 5) is 0. The van der Waals surface area contributed by atoms with Crippen LogP contribution in [0.3, 0.4) is 0 Å². The predicted molar refractivity (Wildman–Crippen MR) is 47.5 cm³/mol. The Morgan fingerprint density at radius 2 is 2.25 bits per heavy atom. The van der Waals surface area contributed by atoms with Crippen molar-refractivity contribution in [1.82, 2.24) is 0 Å². The molecule has 0 aromatic rings. The van der Waals surface area contributed by atoms with E-state index in [4.69, 9.17) is 0 Å². The standard InChI is InChI=1S/C7H10.HI/c1-7-5-3-2-4-6-7;/h2-3,5H,4,6H2,1H3;1H. The van der Waals surface area contributed by atoms with Gasteiger partial charge in [-0.15, -0.1) is 24.0 Å². The van der Waals surface area contributed by atoms with Crippen molar-refractivity contribution < 1.29 is 0 Å². The Morgan fingerprint density at radius 3 is 2.50 bits per heavy atom. The largest absolute Gasteiger partial charge is 0.107 e. The summed E-state index contributed by atoms with van der Waals surface area (Å²) in [7, 11) is 0. The molecular weight excluding hydrogens is 211 g/mol. The number of hydrogen-bond donors (Lipinski definition) is 0. The highest BCUT2D eigenvalue weighted by molar-refractivity contribution is 14.0. The van der Waals surface area contributed by atoms with Crippen LogP contribution < -0.4 is 0 Å².